The summed E-state index contributed by atoms with van der Waals surface area (Å²) in [6.07, 6.45) is 3.75. The van der Waals surface area contributed by atoms with Gasteiger partial charge in [-0.05, 0) is 70.3 Å². The molecule has 0 saturated carbocycles. The van der Waals surface area contributed by atoms with Gasteiger partial charge in [0.15, 0.2) is 0 Å². The van der Waals surface area contributed by atoms with Crippen molar-refractivity contribution in [2.75, 3.05) is 19.6 Å². The molecule has 1 N–H and O–H groups in total. The molecule has 1 aromatic carbocycles. The van der Waals surface area contributed by atoms with Gasteiger partial charge in [-0.3, -0.25) is 19.1 Å². The Morgan fingerprint density at radius 3 is 2.70 bits per heavy atom. The molecule has 1 unspecified atom stereocenters. The second-order valence-corrected chi connectivity index (χ2v) is 7.74. The normalized spacial score (nSPS) is 18.0. The Labute approximate surface area is 160 Å². The lowest BCUT2D eigenvalue weighted by molar-refractivity contribution is -0.121. The highest BCUT2D eigenvalue weighted by atomic mass is 16.2. The highest BCUT2D eigenvalue weighted by molar-refractivity contribution is 5.81. The summed E-state index contributed by atoms with van der Waals surface area (Å²) in [7, 11) is 0. The Morgan fingerprint density at radius 2 is 1.96 bits per heavy atom. The van der Waals surface area contributed by atoms with Gasteiger partial charge in [-0.15, -0.1) is 0 Å². The molecule has 6 heteroatoms. The second kappa shape index (κ2) is 8.21. The average molecular weight is 370 g/mol. The summed E-state index contributed by atoms with van der Waals surface area (Å²) in [5.74, 6) is -0.133. The molecule has 1 aromatic heterocycles. The highest BCUT2D eigenvalue weighted by Gasteiger charge is 2.18. The van der Waals surface area contributed by atoms with E-state index in [9.17, 15) is 9.59 Å². The van der Waals surface area contributed by atoms with Gasteiger partial charge in [0.25, 0.3) is 5.56 Å². The molecule has 0 aliphatic carbocycles. The SMILES string of the molecule is Cc1cc2nc(C)c(=O)n(CC(=O)NCCN3CCCCC3C)c2cc1C. The number of hydrogen-bond acceptors (Lipinski definition) is 4. The molecule has 1 aliphatic rings. The van der Waals surface area contributed by atoms with Crippen molar-refractivity contribution in [3.63, 3.8) is 0 Å². The molecule has 27 heavy (non-hydrogen) atoms. The quantitative estimate of drug-likeness (QED) is 0.877. The Kier molecular flexibility index (Phi) is 5.95. The van der Waals surface area contributed by atoms with E-state index in [1.165, 1.54) is 19.3 Å². The number of piperidine rings is 1. The minimum atomic E-state index is -0.203. The first kappa shape index (κ1) is 19.5. The summed E-state index contributed by atoms with van der Waals surface area (Å²) in [4.78, 5) is 31.9. The van der Waals surface area contributed by atoms with Crippen molar-refractivity contribution in [2.24, 2.45) is 0 Å². The third kappa shape index (κ3) is 4.38. The summed E-state index contributed by atoms with van der Waals surface area (Å²) < 4.78 is 1.54. The molecule has 6 nitrogen and oxygen atoms in total. The summed E-state index contributed by atoms with van der Waals surface area (Å²) in [5, 5.41) is 2.98. The maximum Gasteiger partial charge on any atom is 0.272 e. The molecule has 1 amide bonds. The monoisotopic (exact) mass is 370 g/mol. The maximum absolute atomic E-state index is 12.6. The van der Waals surface area contributed by atoms with Crippen LogP contribution in [0.25, 0.3) is 11.0 Å². The molecular weight excluding hydrogens is 340 g/mol. The molecule has 0 bridgehead atoms. The van der Waals surface area contributed by atoms with E-state index in [1.807, 2.05) is 26.0 Å². The predicted molar refractivity (Wildman–Crippen MR) is 108 cm³/mol. The van der Waals surface area contributed by atoms with Crippen LogP contribution in [0.2, 0.25) is 0 Å². The molecule has 1 atom stereocenters. The van der Waals surface area contributed by atoms with Crippen molar-refractivity contribution in [3.8, 4) is 0 Å². The Hall–Kier alpha value is -2.21. The first-order valence-electron chi connectivity index (χ1n) is 9.86. The van der Waals surface area contributed by atoms with E-state index in [0.717, 1.165) is 29.7 Å². The lowest BCUT2D eigenvalue weighted by atomic mass is 10.0. The summed E-state index contributed by atoms with van der Waals surface area (Å²) >= 11 is 0. The van der Waals surface area contributed by atoms with Crippen LogP contribution in [0.5, 0.6) is 0 Å². The Bertz CT molecular complexity index is 903. The molecule has 1 aliphatic heterocycles. The summed E-state index contributed by atoms with van der Waals surface area (Å²) in [6.45, 7) is 10.6. The van der Waals surface area contributed by atoms with E-state index in [4.69, 9.17) is 0 Å². The number of nitrogens with zero attached hydrogens (tertiary/aromatic N) is 3. The number of amides is 1. The van der Waals surface area contributed by atoms with E-state index < -0.39 is 0 Å². The number of benzene rings is 1. The Morgan fingerprint density at radius 1 is 1.22 bits per heavy atom. The summed E-state index contributed by atoms with van der Waals surface area (Å²) in [6, 6.07) is 4.50. The molecule has 3 rings (SSSR count). The number of aryl methyl sites for hydroxylation is 3. The largest absolute Gasteiger partial charge is 0.353 e. The van der Waals surface area contributed by atoms with E-state index in [-0.39, 0.29) is 18.0 Å². The zero-order valence-corrected chi connectivity index (χ0v) is 16.8. The van der Waals surface area contributed by atoms with E-state index in [0.29, 0.717) is 23.8 Å². The van der Waals surface area contributed by atoms with Crippen LogP contribution < -0.4 is 10.9 Å². The maximum atomic E-state index is 12.6. The van der Waals surface area contributed by atoms with Gasteiger partial charge < -0.3 is 5.32 Å². The molecule has 0 radical (unpaired) electrons. The minimum Gasteiger partial charge on any atom is -0.353 e. The third-order valence-electron chi connectivity index (χ3n) is 5.69. The lowest BCUT2D eigenvalue weighted by Gasteiger charge is -2.33. The molecule has 2 aromatic rings. The van der Waals surface area contributed by atoms with Crippen molar-refractivity contribution in [1.29, 1.82) is 0 Å². The molecule has 1 saturated heterocycles. The third-order valence-corrected chi connectivity index (χ3v) is 5.69. The first-order chi connectivity index (χ1) is 12.9. The van der Waals surface area contributed by atoms with E-state index in [1.54, 1.807) is 11.5 Å². The Balaban J connectivity index is 1.71. The zero-order chi connectivity index (χ0) is 19.6. The van der Waals surface area contributed by atoms with Gasteiger partial charge in [0, 0.05) is 19.1 Å². The number of nitrogens with one attached hydrogen (secondary N) is 1. The number of rotatable bonds is 5. The second-order valence-electron chi connectivity index (χ2n) is 7.74. The van der Waals surface area contributed by atoms with Crippen LogP contribution in [-0.4, -0.2) is 46.0 Å². The van der Waals surface area contributed by atoms with Crippen molar-refractivity contribution in [1.82, 2.24) is 19.8 Å². The van der Waals surface area contributed by atoms with Gasteiger partial charge in [-0.25, -0.2) is 4.98 Å². The number of carbonyl (C=O) groups excluding carboxylic acids is 1. The fraction of sp³-hybridized carbons (Fsp3) is 0.571. The van der Waals surface area contributed by atoms with Gasteiger partial charge >= 0.3 is 0 Å². The van der Waals surface area contributed by atoms with Crippen LogP contribution in [0, 0.1) is 20.8 Å². The number of likely N-dealkylation sites (tertiary alicyclic amines) is 1. The molecule has 0 spiro atoms. The van der Waals surface area contributed by atoms with Crippen LogP contribution in [0.4, 0.5) is 0 Å². The molecule has 146 valence electrons. The van der Waals surface area contributed by atoms with Crippen LogP contribution in [-0.2, 0) is 11.3 Å². The van der Waals surface area contributed by atoms with Crippen LogP contribution in [0.1, 0.15) is 43.0 Å². The van der Waals surface area contributed by atoms with Gasteiger partial charge in [-0.2, -0.15) is 0 Å². The van der Waals surface area contributed by atoms with Crippen molar-refractivity contribution in [2.45, 2.75) is 59.5 Å². The van der Waals surface area contributed by atoms with E-state index >= 15 is 0 Å². The number of carbonyl (C=O) groups is 1. The van der Waals surface area contributed by atoms with Crippen LogP contribution in [0.3, 0.4) is 0 Å². The zero-order valence-electron chi connectivity index (χ0n) is 16.8. The molecule has 1 fully saturated rings. The fourth-order valence-electron chi connectivity index (χ4n) is 3.81. The van der Waals surface area contributed by atoms with Gasteiger partial charge in [0.05, 0.1) is 11.0 Å². The first-order valence-corrected chi connectivity index (χ1v) is 9.86. The fourth-order valence-corrected chi connectivity index (χ4v) is 3.81. The van der Waals surface area contributed by atoms with E-state index in [2.05, 4.69) is 22.1 Å². The topological polar surface area (TPSA) is 67.2 Å². The number of fused-ring (bicyclic) bond motifs is 1. The van der Waals surface area contributed by atoms with Gasteiger partial charge in [0.2, 0.25) is 5.91 Å². The smallest absolute Gasteiger partial charge is 0.272 e. The molecular formula is C21H30N4O2. The van der Waals surface area contributed by atoms with Gasteiger partial charge in [-0.1, -0.05) is 6.42 Å². The average Bonchev–Trinajstić information content (AvgIpc) is 2.62. The number of aromatic nitrogens is 2. The molecule has 2 heterocycles. The van der Waals surface area contributed by atoms with Gasteiger partial charge in [0.1, 0.15) is 12.2 Å². The van der Waals surface area contributed by atoms with Crippen molar-refractivity contribution < 1.29 is 4.79 Å². The van der Waals surface area contributed by atoms with Crippen molar-refractivity contribution in [3.05, 3.63) is 39.3 Å². The minimum absolute atomic E-state index is 0.0246. The lowest BCUT2D eigenvalue weighted by Crippen LogP contribution is -2.43. The highest BCUT2D eigenvalue weighted by Crippen LogP contribution is 2.17. The predicted octanol–water partition coefficient (Wildman–Crippen LogP) is 2.31. The standard InChI is InChI=1S/C21H30N4O2/c1-14-11-18-19(12-15(14)2)25(21(27)17(4)23-18)13-20(26)22-8-10-24-9-6-5-7-16(24)3/h11-12,16H,5-10,13H2,1-4H3,(H,22,26). The van der Waals surface area contributed by atoms with Crippen LogP contribution >= 0.6 is 0 Å². The van der Waals surface area contributed by atoms with Crippen LogP contribution in [0.15, 0.2) is 16.9 Å². The summed E-state index contributed by atoms with van der Waals surface area (Å²) in [5.41, 5.74) is 3.89. The number of hydrogen-bond donors (Lipinski definition) is 1. The van der Waals surface area contributed by atoms with Crippen molar-refractivity contribution >= 4 is 16.9 Å².